The van der Waals surface area contributed by atoms with Gasteiger partial charge in [0.15, 0.2) is 0 Å². The van der Waals surface area contributed by atoms with Gasteiger partial charge in [0.25, 0.3) is 0 Å². The Morgan fingerprint density at radius 2 is 2.38 bits per heavy atom. The van der Waals surface area contributed by atoms with E-state index in [9.17, 15) is 4.79 Å². The first-order valence-corrected chi connectivity index (χ1v) is 5.55. The topological polar surface area (TPSA) is 59.2 Å². The highest BCUT2D eigenvalue weighted by Crippen LogP contribution is 2.32. The van der Waals surface area contributed by atoms with Crippen LogP contribution < -0.4 is 10.6 Å². The Labute approximate surface area is 99.4 Å². The molecule has 16 heavy (non-hydrogen) atoms. The lowest BCUT2D eigenvalue weighted by molar-refractivity contribution is -0.125. The van der Waals surface area contributed by atoms with E-state index in [1.165, 1.54) is 0 Å². The summed E-state index contributed by atoms with van der Waals surface area (Å²) in [6.45, 7) is 3.32. The van der Waals surface area contributed by atoms with Crippen molar-refractivity contribution in [3.05, 3.63) is 23.4 Å². The summed E-state index contributed by atoms with van der Waals surface area (Å²) in [5.74, 6) is 0.596. The normalized spacial score (nSPS) is 24.8. The van der Waals surface area contributed by atoms with Crippen LogP contribution in [-0.4, -0.2) is 24.0 Å². The molecule has 2 N–H and O–H groups in total. The van der Waals surface area contributed by atoms with Crippen LogP contribution in [-0.2, 0) is 4.79 Å². The van der Waals surface area contributed by atoms with Crippen LogP contribution in [0.15, 0.2) is 18.3 Å². The molecule has 1 aliphatic heterocycles. The van der Waals surface area contributed by atoms with Crippen molar-refractivity contribution in [2.24, 2.45) is 11.1 Å². The number of pyridine rings is 1. The summed E-state index contributed by atoms with van der Waals surface area (Å²) < 4.78 is 0. The lowest BCUT2D eigenvalue weighted by atomic mass is 9.89. The summed E-state index contributed by atoms with van der Waals surface area (Å²) >= 11 is 5.77. The van der Waals surface area contributed by atoms with E-state index >= 15 is 0 Å². The van der Waals surface area contributed by atoms with Crippen LogP contribution in [0, 0.1) is 5.41 Å². The summed E-state index contributed by atoms with van der Waals surface area (Å²) in [5, 5.41) is 0.612. The van der Waals surface area contributed by atoms with E-state index in [0.717, 1.165) is 18.8 Å². The Bertz CT molecular complexity index is 406. The largest absolute Gasteiger partial charge is 0.369 e. The number of nitrogens with two attached hydrogens (primary N) is 1. The summed E-state index contributed by atoms with van der Waals surface area (Å²) in [5.41, 5.74) is 4.95. The van der Waals surface area contributed by atoms with Gasteiger partial charge in [0.1, 0.15) is 5.82 Å². The molecule has 86 valence electrons. The SMILES string of the molecule is CC1(C(N)=O)CCN(c2ccc(Cl)cn2)C1. The van der Waals surface area contributed by atoms with Crippen LogP contribution in [0.25, 0.3) is 0 Å². The van der Waals surface area contributed by atoms with Crippen LogP contribution >= 0.6 is 11.6 Å². The monoisotopic (exact) mass is 239 g/mol. The Hall–Kier alpha value is -1.29. The Morgan fingerprint density at radius 1 is 1.62 bits per heavy atom. The molecule has 1 fully saturated rings. The van der Waals surface area contributed by atoms with Crippen molar-refractivity contribution in [3.63, 3.8) is 0 Å². The zero-order chi connectivity index (χ0) is 11.8. The molecule has 1 aromatic heterocycles. The first-order chi connectivity index (χ1) is 7.51. The number of primary amides is 1. The minimum atomic E-state index is -0.443. The maximum absolute atomic E-state index is 11.3. The average Bonchev–Trinajstić information content (AvgIpc) is 2.63. The van der Waals surface area contributed by atoms with Gasteiger partial charge in [-0.15, -0.1) is 0 Å². The summed E-state index contributed by atoms with van der Waals surface area (Å²) in [4.78, 5) is 17.6. The molecule has 0 bridgehead atoms. The van der Waals surface area contributed by atoms with Crippen molar-refractivity contribution >= 4 is 23.3 Å². The predicted octanol–water partition coefficient (Wildman–Crippen LogP) is 1.44. The van der Waals surface area contributed by atoms with Gasteiger partial charge in [-0.3, -0.25) is 4.79 Å². The average molecular weight is 240 g/mol. The van der Waals surface area contributed by atoms with E-state index in [1.54, 1.807) is 12.3 Å². The molecule has 2 heterocycles. The second-order valence-corrected chi connectivity index (χ2v) is 4.87. The third-order valence-electron chi connectivity index (χ3n) is 3.10. The number of carbonyl (C=O) groups excluding carboxylic acids is 1. The molecule has 0 saturated carbocycles. The summed E-state index contributed by atoms with van der Waals surface area (Å²) in [6.07, 6.45) is 2.38. The highest BCUT2D eigenvalue weighted by atomic mass is 35.5. The van der Waals surface area contributed by atoms with Gasteiger partial charge >= 0.3 is 0 Å². The van der Waals surface area contributed by atoms with Gasteiger partial charge in [-0.25, -0.2) is 4.98 Å². The first kappa shape index (κ1) is 11.2. The van der Waals surface area contributed by atoms with Crippen molar-refractivity contribution in [2.45, 2.75) is 13.3 Å². The Balaban J connectivity index is 2.15. The Kier molecular flexibility index (Phi) is 2.76. The van der Waals surface area contributed by atoms with Crippen molar-refractivity contribution in [1.82, 2.24) is 4.98 Å². The molecule has 1 aromatic rings. The van der Waals surface area contributed by atoms with Gasteiger partial charge < -0.3 is 10.6 Å². The summed E-state index contributed by atoms with van der Waals surface area (Å²) in [6, 6.07) is 3.65. The molecular formula is C11H14ClN3O. The van der Waals surface area contributed by atoms with E-state index in [2.05, 4.69) is 9.88 Å². The van der Waals surface area contributed by atoms with Gasteiger partial charge in [0, 0.05) is 19.3 Å². The third kappa shape index (κ3) is 1.97. The number of halogens is 1. The minimum Gasteiger partial charge on any atom is -0.369 e. The first-order valence-electron chi connectivity index (χ1n) is 5.18. The molecule has 1 amide bonds. The molecule has 0 spiro atoms. The molecule has 2 rings (SSSR count). The molecule has 5 heteroatoms. The fraction of sp³-hybridized carbons (Fsp3) is 0.455. The van der Waals surface area contributed by atoms with Gasteiger partial charge in [-0.2, -0.15) is 0 Å². The highest BCUT2D eigenvalue weighted by molar-refractivity contribution is 6.30. The van der Waals surface area contributed by atoms with E-state index < -0.39 is 5.41 Å². The van der Waals surface area contributed by atoms with E-state index in [-0.39, 0.29) is 5.91 Å². The molecule has 1 aliphatic rings. The Morgan fingerprint density at radius 3 is 2.88 bits per heavy atom. The van der Waals surface area contributed by atoms with Crippen LogP contribution in [0.4, 0.5) is 5.82 Å². The third-order valence-corrected chi connectivity index (χ3v) is 3.33. The van der Waals surface area contributed by atoms with Crippen molar-refractivity contribution in [3.8, 4) is 0 Å². The number of nitrogens with zero attached hydrogens (tertiary/aromatic N) is 2. The lowest BCUT2D eigenvalue weighted by Gasteiger charge is -2.21. The molecule has 0 radical (unpaired) electrons. The number of anilines is 1. The molecular weight excluding hydrogens is 226 g/mol. The van der Waals surface area contributed by atoms with Crippen LogP contribution in [0.1, 0.15) is 13.3 Å². The highest BCUT2D eigenvalue weighted by Gasteiger charge is 2.39. The number of aromatic nitrogens is 1. The van der Waals surface area contributed by atoms with Gasteiger partial charge in [-0.1, -0.05) is 11.6 Å². The zero-order valence-corrected chi connectivity index (χ0v) is 9.87. The smallest absolute Gasteiger partial charge is 0.225 e. The number of rotatable bonds is 2. The minimum absolute atomic E-state index is 0.246. The second-order valence-electron chi connectivity index (χ2n) is 4.43. The number of hydrogen-bond donors (Lipinski definition) is 1. The van der Waals surface area contributed by atoms with Crippen molar-refractivity contribution in [2.75, 3.05) is 18.0 Å². The van der Waals surface area contributed by atoms with Crippen LogP contribution in [0.5, 0.6) is 0 Å². The molecule has 1 atom stereocenters. The number of hydrogen-bond acceptors (Lipinski definition) is 3. The van der Waals surface area contributed by atoms with Gasteiger partial charge in [0.2, 0.25) is 5.91 Å². The van der Waals surface area contributed by atoms with Crippen LogP contribution in [0.2, 0.25) is 5.02 Å². The van der Waals surface area contributed by atoms with Gasteiger partial charge in [-0.05, 0) is 25.5 Å². The number of carbonyl (C=O) groups is 1. The molecule has 4 nitrogen and oxygen atoms in total. The maximum Gasteiger partial charge on any atom is 0.225 e. The van der Waals surface area contributed by atoms with Gasteiger partial charge in [0.05, 0.1) is 10.4 Å². The number of amides is 1. The fourth-order valence-corrected chi connectivity index (χ4v) is 2.02. The zero-order valence-electron chi connectivity index (χ0n) is 9.11. The quantitative estimate of drug-likeness (QED) is 0.850. The van der Waals surface area contributed by atoms with Crippen molar-refractivity contribution in [1.29, 1.82) is 0 Å². The van der Waals surface area contributed by atoms with Crippen LogP contribution in [0.3, 0.4) is 0 Å². The predicted molar refractivity (Wildman–Crippen MR) is 63.4 cm³/mol. The molecule has 1 saturated heterocycles. The standard InChI is InChI=1S/C11H14ClN3O/c1-11(10(13)16)4-5-15(7-11)9-3-2-8(12)6-14-9/h2-3,6H,4-5,7H2,1H3,(H2,13,16). The van der Waals surface area contributed by atoms with E-state index in [4.69, 9.17) is 17.3 Å². The van der Waals surface area contributed by atoms with E-state index in [1.807, 2.05) is 13.0 Å². The maximum atomic E-state index is 11.3. The molecule has 1 unspecified atom stereocenters. The fourth-order valence-electron chi connectivity index (χ4n) is 1.91. The van der Waals surface area contributed by atoms with Crippen molar-refractivity contribution < 1.29 is 4.79 Å². The molecule has 0 aromatic carbocycles. The molecule has 0 aliphatic carbocycles. The summed E-state index contributed by atoms with van der Waals surface area (Å²) in [7, 11) is 0. The second kappa shape index (κ2) is 3.94. The van der Waals surface area contributed by atoms with E-state index in [0.29, 0.717) is 11.6 Å². The lowest BCUT2D eigenvalue weighted by Crippen LogP contribution is -2.37.